The Morgan fingerprint density at radius 2 is 1.69 bits per heavy atom. The highest BCUT2D eigenvalue weighted by atomic mass is 16.5. The van der Waals surface area contributed by atoms with Gasteiger partial charge >= 0.3 is 0 Å². The first-order valence-corrected chi connectivity index (χ1v) is 10.2. The van der Waals surface area contributed by atoms with Crippen LogP contribution in [0.4, 0.5) is 5.69 Å². The van der Waals surface area contributed by atoms with Gasteiger partial charge in [-0.25, -0.2) is 5.43 Å². The van der Waals surface area contributed by atoms with E-state index in [-0.39, 0.29) is 24.7 Å². The number of hydrogen-bond donors (Lipinski definition) is 2. The Labute approximate surface area is 185 Å². The zero-order chi connectivity index (χ0) is 22.5. The molecule has 7 nitrogen and oxygen atoms in total. The molecular formula is C25H23N3O4. The number of para-hydroxylation sites is 1. The Balaban J connectivity index is 1.42. The Hall–Kier alpha value is -4.13. The van der Waals surface area contributed by atoms with Crippen LogP contribution < -0.4 is 15.5 Å². The second kappa shape index (κ2) is 9.34. The van der Waals surface area contributed by atoms with Gasteiger partial charge in [0.1, 0.15) is 16.9 Å². The molecule has 162 valence electrons. The van der Waals surface area contributed by atoms with Crippen molar-refractivity contribution in [2.45, 2.75) is 19.8 Å². The fourth-order valence-corrected chi connectivity index (χ4v) is 3.46. The number of carbonyl (C=O) groups is 2. The number of hydrazone groups is 1. The van der Waals surface area contributed by atoms with Crippen molar-refractivity contribution >= 4 is 45.2 Å². The fourth-order valence-electron chi connectivity index (χ4n) is 3.46. The average Bonchev–Trinajstić information content (AvgIpc) is 3.15. The third kappa shape index (κ3) is 4.78. The number of carbonyl (C=O) groups excluding carboxylic acids is 2. The number of hydrogen-bond acceptors (Lipinski definition) is 5. The van der Waals surface area contributed by atoms with Gasteiger partial charge in [-0.3, -0.25) is 9.59 Å². The normalized spacial score (nSPS) is 11.5. The average molecular weight is 429 g/mol. The van der Waals surface area contributed by atoms with Crippen LogP contribution in [0.5, 0.6) is 5.75 Å². The first-order valence-electron chi connectivity index (χ1n) is 10.2. The molecule has 0 saturated carbocycles. The van der Waals surface area contributed by atoms with E-state index < -0.39 is 0 Å². The topological polar surface area (TPSA) is 92.9 Å². The SMILES string of the molecule is COc1cc2c(cc1NC(=O)C/C(C)=N\NC(=O)Cc1ccccc1)oc1ccccc12. The van der Waals surface area contributed by atoms with Crippen LogP contribution in [0.15, 0.2) is 76.2 Å². The van der Waals surface area contributed by atoms with Crippen LogP contribution in [0.25, 0.3) is 21.9 Å². The minimum absolute atomic E-state index is 0.0208. The maximum atomic E-state index is 12.5. The lowest BCUT2D eigenvalue weighted by Crippen LogP contribution is -2.23. The Morgan fingerprint density at radius 3 is 2.47 bits per heavy atom. The van der Waals surface area contributed by atoms with Crippen molar-refractivity contribution in [3.05, 3.63) is 72.3 Å². The molecule has 0 spiro atoms. The first kappa shape index (κ1) is 21.1. The predicted molar refractivity (Wildman–Crippen MR) is 125 cm³/mol. The number of amides is 2. The molecular weight excluding hydrogens is 406 g/mol. The second-order valence-corrected chi connectivity index (χ2v) is 7.42. The Bertz CT molecular complexity index is 1310. The molecule has 4 rings (SSSR count). The largest absolute Gasteiger partial charge is 0.495 e. The number of fused-ring (bicyclic) bond motifs is 3. The van der Waals surface area contributed by atoms with Crippen molar-refractivity contribution in [1.29, 1.82) is 0 Å². The minimum Gasteiger partial charge on any atom is -0.495 e. The van der Waals surface area contributed by atoms with Gasteiger partial charge in [-0.05, 0) is 24.6 Å². The number of benzene rings is 3. The molecule has 7 heteroatoms. The number of nitrogens with one attached hydrogen (secondary N) is 2. The van der Waals surface area contributed by atoms with Gasteiger partial charge in [0.25, 0.3) is 0 Å². The van der Waals surface area contributed by atoms with Crippen molar-refractivity contribution < 1.29 is 18.7 Å². The quantitative estimate of drug-likeness (QED) is 0.330. The summed E-state index contributed by atoms with van der Waals surface area (Å²) in [5, 5.41) is 8.76. The summed E-state index contributed by atoms with van der Waals surface area (Å²) < 4.78 is 11.4. The third-order valence-electron chi connectivity index (χ3n) is 4.97. The highest BCUT2D eigenvalue weighted by Crippen LogP contribution is 2.36. The van der Waals surface area contributed by atoms with Crippen LogP contribution >= 0.6 is 0 Å². The van der Waals surface area contributed by atoms with E-state index in [9.17, 15) is 9.59 Å². The molecule has 0 radical (unpaired) electrons. The minimum atomic E-state index is -0.280. The van der Waals surface area contributed by atoms with Gasteiger partial charge in [0.2, 0.25) is 11.8 Å². The van der Waals surface area contributed by atoms with Gasteiger partial charge in [-0.2, -0.15) is 5.10 Å². The number of nitrogens with zero attached hydrogens (tertiary/aromatic N) is 1. The zero-order valence-corrected chi connectivity index (χ0v) is 17.8. The molecule has 1 heterocycles. The molecule has 0 saturated heterocycles. The van der Waals surface area contributed by atoms with Crippen LogP contribution in [-0.2, 0) is 16.0 Å². The number of ether oxygens (including phenoxy) is 1. The molecule has 0 atom stereocenters. The summed E-state index contributed by atoms with van der Waals surface area (Å²) in [7, 11) is 1.55. The molecule has 4 aromatic rings. The maximum absolute atomic E-state index is 12.5. The van der Waals surface area contributed by atoms with Crippen molar-refractivity contribution in [2.24, 2.45) is 5.10 Å². The molecule has 0 bridgehead atoms. The lowest BCUT2D eigenvalue weighted by Gasteiger charge is -2.10. The fraction of sp³-hybridized carbons (Fsp3) is 0.160. The van der Waals surface area contributed by atoms with Gasteiger partial charge < -0.3 is 14.5 Å². The van der Waals surface area contributed by atoms with Crippen LogP contribution in [-0.4, -0.2) is 24.6 Å². The molecule has 3 aromatic carbocycles. The summed E-state index contributed by atoms with van der Waals surface area (Å²) >= 11 is 0. The van der Waals surface area contributed by atoms with E-state index in [0.717, 1.165) is 21.9 Å². The van der Waals surface area contributed by atoms with Gasteiger partial charge in [0, 0.05) is 22.6 Å². The van der Waals surface area contributed by atoms with Crippen LogP contribution in [0, 0.1) is 0 Å². The Kier molecular flexibility index (Phi) is 6.17. The van der Waals surface area contributed by atoms with Gasteiger partial charge in [-0.15, -0.1) is 0 Å². The molecule has 0 aliphatic rings. The molecule has 0 fully saturated rings. The van der Waals surface area contributed by atoms with E-state index in [0.29, 0.717) is 22.7 Å². The number of anilines is 1. The van der Waals surface area contributed by atoms with Crippen molar-refractivity contribution in [3.63, 3.8) is 0 Å². The van der Waals surface area contributed by atoms with Gasteiger partial charge in [-0.1, -0.05) is 48.5 Å². The van der Waals surface area contributed by atoms with Gasteiger partial charge in [0.15, 0.2) is 0 Å². The monoisotopic (exact) mass is 429 g/mol. The van der Waals surface area contributed by atoms with Crippen LogP contribution in [0.3, 0.4) is 0 Å². The third-order valence-corrected chi connectivity index (χ3v) is 4.97. The molecule has 32 heavy (non-hydrogen) atoms. The van der Waals surface area contributed by atoms with E-state index in [1.807, 2.05) is 60.7 Å². The lowest BCUT2D eigenvalue weighted by molar-refractivity contribution is -0.120. The van der Waals surface area contributed by atoms with Crippen molar-refractivity contribution in [3.8, 4) is 5.75 Å². The van der Waals surface area contributed by atoms with Gasteiger partial charge in [0.05, 0.1) is 25.6 Å². The summed E-state index contributed by atoms with van der Waals surface area (Å²) in [5.41, 5.74) is 5.79. The smallest absolute Gasteiger partial charge is 0.244 e. The molecule has 2 N–H and O–H groups in total. The summed E-state index contributed by atoms with van der Waals surface area (Å²) in [4.78, 5) is 24.6. The summed E-state index contributed by atoms with van der Waals surface area (Å²) in [6.07, 6.45) is 0.242. The highest BCUT2D eigenvalue weighted by molar-refractivity contribution is 6.10. The second-order valence-electron chi connectivity index (χ2n) is 7.42. The molecule has 0 unspecified atom stereocenters. The number of rotatable bonds is 7. The number of methoxy groups -OCH3 is 1. The zero-order valence-electron chi connectivity index (χ0n) is 17.8. The van der Waals surface area contributed by atoms with Crippen LogP contribution in [0.1, 0.15) is 18.9 Å². The van der Waals surface area contributed by atoms with E-state index in [4.69, 9.17) is 9.15 Å². The van der Waals surface area contributed by atoms with E-state index >= 15 is 0 Å². The summed E-state index contributed by atoms with van der Waals surface area (Å²) in [5.74, 6) is 0.00782. The first-order chi connectivity index (χ1) is 15.5. The standard InChI is InChI=1S/C25H23N3O4/c1-16(27-28-25(30)13-17-8-4-3-5-9-17)12-24(29)26-20-15-22-19(14-23(20)31-2)18-10-6-7-11-21(18)32-22/h3-11,14-15H,12-13H2,1-2H3,(H,26,29)(H,28,30)/b27-16-. The summed E-state index contributed by atoms with van der Waals surface area (Å²) in [6, 6.07) is 20.7. The molecule has 0 aliphatic heterocycles. The lowest BCUT2D eigenvalue weighted by atomic mass is 10.1. The predicted octanol–water partition coefficient (Wildman–Crippen LogP) is 4.66. The Morgan fingerprint density at radius 1 is 0.938 bits per heavy atom. The van der Waals surface area contributed by atoms with E-state index in [1.54, 1.807) is 20.1 Å². The molecule has 1 aromatic heterocycles. The van der Waals surface area contributed by atoms with Crippen LogP contribution in [0.2, 0.25) is 0 Å². The van der Waals surface area contributed by atoms with Crippen molar-refractivity contribution in [2.75, 3.05) is 12.4 Å². The maximum Gasteiger partial charge on any atom is 0.244 e. The number of furan rings is 1. The van der Waals surface area contributed by atoms with Crippen molar-refractivity contribution in [1.82, 2.24) is 5.43 Å². The molecule has 2 amide bonds. The van der Waals surface area contributed by atoms with E-state index in [2.05, 4.69) is 15.8 Å². The van der Waals surface area contributed by atoms with E-state index in [1.165, 1.54) is 0 Å². The molecule has 0 aliphatic carbocycles. The summed E-state index contributed by atoms with van der Waals surface area (Å²) in [6.45, 7) is 1.68. The highest BCUT2D eigenvalue weighted by Gasteiger charge is 2.14.